The molecular formula is C9H20N2S. The molecule has 1 heterocycles. The molecule has 1 saturated heterocycles. The summed E-state index contributed by atoms with van der Waals surface area (Å²) in [5, 5.41) is 6.86. The summed E-state index contributed by atoms with van der Waals surface area (Å²) in [6.07, 6.45) is 3.87. The summed E-state index contributed by atoms with van der Waals surface area (Å²) in [5.41, 5.74) is 0. The summed E-state index contributed by atoms with van der Waals surface area (Å²) >= 11 is 4.17. The second kappa shape index (κ2) is 6.75. The lowest BCUT2D eigenvalue weighted by molar-refractivity contribution is 0.357. The van der Waals surface area contributed by atoms with E-state index < -0.39 is 0 Å². The molecule has 0 radical (unpaired) electrons. The highest BCUT2D eigenvalue weighted by molar-refractivity contribution is 7.80. The van der Waals surface area contributed by atoms with Crippen molar-refractivity contribution in [2.45, 2.75) is 19.3 Å². The summed E-state index contributed by atoms with van der Waals surface area (Å²) in [6, 6.07) is 0. The molecule has 12 heavy (non-hydrogen) atoms. The number of thiol groups is 1. The number of hydrogen-bond acceptors (Lipinski definition) is 3. The number of piperidine rings is 1. The Labute approximate surface area is 80.9 Å². The smallest absolute Gasteiger partial charge is 0.00196 e. The highest BCUT2D eigenvalue weighted by Crippen LogP contribution is 2.09. The van der Waals surface area contributed by atoms with E-state index in [1.54, 1.807) is 0 Å². The first-order chi connectivity index (χ1) is 5.93. The van der Waals surface area contributed by atoms with Gasteiger partial charge in [-0.2, -0.15) is 12.6 Å². The first-order valence-corrected chi connectivity index (χ1v) is 5.59. The Morgan fingerprint density at radius 3 is 2.75 bits per heavy atom. The molecule has 0 bridgehead atoms. The van der Waals surface area contributed by atoms with Crippen LogP contribution in [0.2, 0.25) is 0 Å². The van der Waals surface area contributed by atoms with Crippen LogP contribution in [0.1, 0.15) is 19.3 Å². The van der Waals surface area contributed by atoms with Gasteiger partial charge in [0, 0.05) is 0 Å². The lowest BCUT2D eigenvalue weighted by Crippen LogP contribution is -2.33. The molecule has 0 aromatic carbocycles. The zero-order valence-electron chi connectivity index (χ0n) is 7.68. The van der Waals surface area contributed by atoms with Crippen LogP contribution in [0.3, 0.4) is 0 Å². The zero-order valence-corrected chi connectivity index (χ0v) is 8.58. The Hall–Kier alpha value is 0.270. The molecule has 1 rings (SSSR count). The van der Waals surface area contributed by atoms with Crippen LogP contribution in [0.4, 0.5) is 0 Å². The van der Waals surface area contributed by atoms with Crippen LogP contribution in [0.15, 0.2) is 0 Å². The molecule has 0 aromatic rings. The fourth-order valence-corrected chi connectivity index (χ4v) is 1.75. The van der Waals surface area contributed by atoms with E-state index in [9.17, 15) is 0 Å². The van der Waals surface area contributed by atoms with Gasteiger partial charge in [-0.15, -0.1) is 0 Å². The van der Waals surface area contributed by atoms with E-state index in [1.807, 2.05) is 0 Å². The molecule has 3 heteroatoms. The van der Waals surface area contributed by atoms with Crippen molar-refractivity contribution in [3.63, 3.8) is 0 Å². The Balaban J connectivity index is 1.91. The molecule has 0 spiro atoms. The Morgan fingerprint density at radius 1 is 1.33 bits per heavy atom. The molecule has 0 amide bonds. The van der Waals surface area contributed by atoms with Gasteiger partial charge in [0.25, 0.3) is 0 Å². The third-order valence-electron chi connectivity index (χ3n) is 2.40. The SMILES string of the molecule is SCCCNCC1CCNCC1. The first-order valence-electron chi connectivity index (χ1n) is 4.96. The van der Waals surface area contributed by atoms with Crippen molar-refractivity contribution < 1.29 is 0 Å². The summed E-state index contributed by atoms with van der Waals surface area (Å²) in [6.45, 7) is 4.75. The summed E-state index contributed by atoms with van der Waals surface area (Å²) < 4.78 is 0. The predicted molar refractivity (Wildman–Crippen MR) is 56.9 cm³/mol. The Kier molecular flexibility index (Phi) is 5.82. The largest absolute Gasteiger partial charge is 0.317 e. The van der Waals surface area contributed by atoms with Crippen molar-refractivity contribution in [3.05, 3.63) is 0 Å². The van der Waals surface area contributed by atoms with Gasteiger partial charge in [-0.25, -0.2) is 0 Å². The lowest BCUT2D eigenvalue weighted by Gasteiger charge is -2.22. The molecule has 0 saturated carbocycles. The third-order valence-corrected chi connectivity index (χ3v) is 2.72. The maximum absolute atomic E-state index is 4.17. The molecule has 0 aliphatic carbocycles. The molecular weight excluding hydrogens is 168 g/mol. The second-order valence-electron chi connectivity index (χ2n) is 3.47. The predicted octanol–water partition coefficient (Wildman–Crippen LogP) is 0.895. The quantitative estimate of drug-likeness (QED) is 0.441. The van der Waals surface area contributed by atoms with E-state index in [0.29, 0.717) is 0 Å². The molecule has 1 aliphatic rings. The maximum atomic E-state index is 4.17. The monoisotopic (exact) mass is 188 g/mol. The highest BCUT2D eigenvalue weighted by Gasteiger charge is 2.11. The number of hydrogen-bond donors (Lipinski definition) is 3. The van der Waals surface area contributed by atoms with Crippen molar-refractivity contribution in [2.75, 3.05) is 31.9 Å². The summed E-state index contributed by atoms with van der Waals surface area (Å²) in [5.74, 6) is 1.91. The zero-order chi connectivity index (χ0) is 8.65. The fourth-order valence-electron chi connectivity index (χ4n) is 1.60. The molecule has 2 nitrogen and oxygen atoms in total. The molecule has 0 atom stereocenters. The minimum Gasteiger partial charge on any atom is -0.317 e. The van der Waals surface area contributed by atoms with Gasteiger partial charge in [0.05, 0.1) is 0 Å². The molecule has 0 aromatic heterocycles. The van der Waals surface area contributed by atoms with Crippen LogP contribution in [0.25, 0.3) is 0 Å². The van der Waals surface area contributed by atoms with Crippen molar-refractivity contribution >= 4 is 12.6 Å². The first kappa shape index (κ1) is 10.4. The van der Waals surface area contributed by atoms with E-state index in [4.69, 9.17) is 0 Å². The fraction of sp³-hybridized carbons (Fsp3) is 1.00. The average molecular weight is 188 g/mol. The summed E-state index contributed by atoms with van der Waals surface area (Å²) in [7, 11) is 0. The van der Waals surface area contributed by atoms with Gasteiger partial charge in [-0.3, -0.25) is 0 Å². The molecule has 2 N–H and O–H groups in total. The van der Waals surface area contributed by atoms with Crippen molar-refractivity contribution in [1.29, 1.82) is 0 Å². The van der Waals surface area contributed by atoms with Crippen molar-refractivity contribution in [1.82, 2.24) is 10.6 Å². The van der Waals surface area contributed by atoms with Crippen molar-refractivity contribution in [3.8, 4) is 0 Å². The van der Waals surface area contributed by atoms with E-state index in [1.165, 1.54) is 38.9 Å². The maximum Gasteiger partial charge on any atom is -0.00196 e. The van der Waals surface area contributed by atoms with E-state index in [2.05, 4.69) is 23.3 Å². The third kappa shape index (κ3) is 4.33. The summed E-state index contributed by atoms with van der Waals surface area (Å²) in [4.78, 5) is 0. The standard InChI is InChI=1S/C9H20N2S/c12-7-1-4-11-8-9-2-5-10-6-3-9/h9-12H,1-8H2. The van der Waals surface area contributed by atoms with E-state index >= 15 is 0 Å². The molecule has 0 unspecified atom stereocenters. The van der Waals surface area contributed by atoms with Gasteiger partial charge >= 0.3 is 0 Å². The van der Waals surface area contributed by atoms with Crippen molar-refractivity contribution in [2.24, 2.45) is 5.92 Å². The van der Waals surface area contributed by atoms with Gasteiger partial charge in [0.15, 0.2) is 0 Å². The lowest BCUT2D eigenvalue weighted by atomic mass is 9.98. The van der Waals surface area contributed by atoms with Gasteiger partial charge < -0.3 is 10.6 Å². The second-order valence-corrected chi connectivity index (χ2v) is 3.92. The molecule has 1 aliphatic heterocycles. The minimum absolute atomic E-state index is 0.908. The van der Waals surface area contributed by atoms with Crippen LogP contribution >= 0.6 is 12.6 Å². The topological polar surface area (TPSA) is 24.1 Å². The Morgan fingerprint density at radius 2 is 2.08 bits per heavy atom. The molecule has 1 fully saturated rings. The average Bonchev–Trinajstić information content (AvgIpc) is 2.14. The van der Waals surface area contributed by atoms with Crippen LogP contribution in [-0.4, -0.2) is 31.9 Å². The normalized spacial score (nSPS) is 19.8. The number of nitrogens with one attached hydrogen (secondary N) is 2. The highest BCUT2D eigenvalue weighted by atomic mass is 32.1. The van der Waals surface area contributed by atoms with Crippen LogP contribution in [0, 0.1) is 5.92 Å². The van der Waals surface area contributed by atoms with Gasteiger partial charge in [-0.1, -0.05) is 0 Å². The van der Waals surface area contributed by atoms with Gasteiger partial charge in [-0.05, 0) is 57.1 Å². The molecule has 72 valence electrons. The number of rotatable bonds is 5. The van der Waals surface area contributed by atoms with Gasteiger partial charge in [0.1, 0.15) is 0 Å². The van der Waals surface area contributed by atoms with Crippen LogP contribution < -0.4 is 10.6 Å². The van der Waals surface area contributed by atoms with Crippen LogP contribution in [0.5, 0.6) is 0 Å². The van der Waals surface area contributed by atoms with Gasteiger partial charge in [0.2, 0.25) is 0 Å². The van der Waals surface area contributed by atoms with Crippen LogP contribution in [-0.2, 0) is 0 Å². The minimum atomic E-state index is 0.908. The van der Waals surface area contributed by atoms with E-state index in [0.717, 1.165) is 18.2 Å². The Bertz CT molecular complexity index is 103. The van der Waals surface area contributed by atoms with E-state index in [-0.39, 0.29) is 0 Å².